The van der Waals surface area contributed by atoms with E-state index < -0.39 is 12.0 Å². The maximum Gasteiger partial charge on any atom is 0.326 e. The highest BCUT2D eigenvalue weighted by molar-refractivity contribution is 8.00. The first-order chi connectivity index (χ1) is 11.0. The molecule has 0 bridgehead atoms. The molecule has 0 saturated carbocycles. The first-order valence-electron chi connectivity index (χ1n) is 7.53. The van der Waals surface area contributed by atoms with Gasteiger partial charge in [0, 0.05) is 12.2 Å². The third kappa shape index (κ3) is 3.82. The van der Waals surface area contributed by atoms with E-state index in [9.17, 15) is 14.9 Å². The summed E-state index contributed by atoms with van der Waals surface area (Å²) >= 11 is 1.20. The molecule has 1 saturated heterocycles. The van der Waals surface area contributed by atoms with Gasteiger partial charge >= 0.3 is 5.97 Å². The lowest BCUT2D eigenvalue weighted by Gasteiger charge is -2.21. The van der Waals surface area contributed by atoms with E-state index in [1.54, 1.807) is 6.07 Å². The second-order valence-electron chi connectivity index (χ2n) is 5.44. The van der Waals surface area contributed by atoms with Crippen LogP contribution in [0.1, 0.15) is 36.6 Å². The first-order valence-corrected chi connectivity index (χ1v) is 8.52. The number of carboxylic acid groups (broad SMARTS) is 1. The van der Waals surface area contributed by atoms with Crippen LogP contribution in [0.25, 0.3) is 0 Å². The van der Waals surface area contributed by atoms with Crippen molar-refractivity contribution < 1.29 is 14.7 Å². The van der Waals surface area contributed by atoms with E-state index in [-0.39, 0.29) is 11.7 Å². The highest BCUT2D eigenvalue weighted by Crippen LogP contribution is 2.25. The predicted octanol–water partition coefficient (Wildman–Crippen LogP) is 1.99. The molecule has 2 rings (SSSR count). The van der Waals surface area contributed by atoms with Crippen molar-refractivity contribution in [3.8, 4) is 6.07 Å². The van der Waals surface area contributed by atoms with Gasteiger partial charge in [0.05, 0.1) is 11.3 Å². The lowest BCUT2D eigenvalue weighted by atomic mass is 10.1. The van der Waals surface area contributed by atoms with Gasteiger partial charge in [-0.15, -0.1) is 0 Å². The average molecular weight is 333 g/mol. The molecule has 1 aliphatic heterocycles. The Morgan fingerprint density at radius 1 is 1.57 bits per heavy atom. The number of carbonyl (C=O) groups excluding carboxylic acids is 1. The van der Waals surface area contributed by atoms with Crippen LogP contribution in [-0.4, -0.2) is 45.2 Å². The van der Waals surface area contributed by atoms with E-state index in [0.717, 1.165) is 17.7 Å². The second kappa shape index (κ2) is 7.47. The third-order valence-electron chi connectivity index (χ3n) is 3.93. The number of aryl methyl sites for hydroxylation is 2. The van der Waals surface area contributed by atoms with E-state index >= 15 is 0 Å². The monoisotopic (exact) mass is 333 g/mol. The molecule has 7 heteroatoms. The van der Waals surface area contributed by atoms with E-state index in [4.69, 9.17) is 5.11 Å². The number of nitrogens with zero attached hydrogens (tertiary/aromatic N) is 3. The van der Waals surface area contributed by atoms with E-state index in [1.807, 2.05) is 13.8 Å². The van der Waals surface area contributed by atoms with Gasteiger partial charge in [-0.3, -0.25) is 4.79 Å². The molecule has 2 heterocycles. The minimum absolute atomic E-state index is 0.0949. The van der Waals surface area contributed by atoms with Gasteiger partial charge in [0.25, 0.3) is 0 Å². The summed E-state index contributed by atoms with van der Waals surface area (Å²) in [4.78, 5) is 29.3. The molecule has 122 valence electrons. The van der Waals surface area contributed by atoms with Crippen LogP contribution < -0.4 is 0 Å². The van der Waals surface area contributed by atoms with Crippen LogP contribution in [0.5, 0.6) is 0 Å². The average Bonchev–Trinajstić information content (AvgIpc) is 3.02. The summed E-state index contributed by atoms with van der Waals surface area (Å²) in [5.74, 6) is -1.08. The van der Waals surface area contributed by atoms with Gasteiger partial charge in [-0.1, -0.05) is 18.7 Å². The fraction of sp³-hybridized carbons (Fsp3) is 0.500. The number of hydrogen-bond acceptors (Lipinski definition) is 5. The van der Waals surface area contributed by atoms with Crippen molar-refractivity contribution in [3.63, 3.8) is 0 Å². The number of amides is 1. The molecule has 0 radical (unpaired) electrons. The number of rotatable bonds is 5. The van der Waals surface area contributed by atoms with Gasteiger partial charge in [0.1, 0.15) is 17.1 Å². The number of aliphatic carboxylic acids is 1. The molecule has 1 aromatic heterocycles. The largest absolute Gasteiger partial charge is 0.480 e. The van der Waals surface area contributed by atoms with Crippen molar-refractivity contribution in [1.82, 2.24) is 9.88 Å². The summed E-state index contributed by atoms with van der Waals surface area (Å²) < 4.78 is 0. The first kappa shape index (κ1) is 17.3. The van der Waals surface area contributed by atoms with Crippen LogP contribution >= 0.6 is 11.8 Å². The highest BCUT2D eigenvalue weighted by atomic mass is 32.2. The third-order valence-corrected chi connectivity index (χ3v) is 4.90. The summed E-state index contributed by atoms with van der Waals surface area (Å²) in [7, 11) is 0. The molecule has 1 aliphatic rings. The van der Waals surface area contributed by atoms with E-state index in [2.05, 4.69) is 11.1 Å². The topological polar surface area (TPSA) is 94.3 Å². The smallest absolute Gasteiger partial charge is 0.326 e. The van der Waals surface area contributed by atoms with Crippen molar-refractivity contribution in [3.05, 3.63) is 22.9 Å². The Labute approximate surface area is 139 Å². The number of hydrogen-bond donors (Lipinski definition) is 1. The van der Waals surface area contributed by atoms with Crippen molar-refractivity contribution in [1.29, 1.82) is 5.26 Å². The quantitative estimate of drug-likeness (QED) is 0.828. The Hall–Kier alpha value is -2.07. The van der Waals surface area contributed by atoms with Gasteiger partial charge in [-0.25, -0.2) is 9.78 Å². The molecule has 0 aliphatic carbocycles. The summed E-state index contributed by atoms with van der Waals surface area (Å²) in [5.41, 5.74) is 2.32. The molecule has 0 spiro atoms. The van der Waals surface area contributed by atoms with Gasteiger partial charge in [-0.2, -0.15) is 5.26 Å². The minimum Gasteiger partial charge on any atom is -0.480 e. The molecule has 23 heavy (non-hydrogen) atoms. The number of likely N-dealkylation sites (tertiary alicyclic amines) is 1. The lowest BCUT2D eigenvalue weighted by molar-refractivity contribution is -0.147. The maximum absolute atomic E-state index is 12.3. The van der Waals surface area contributed by atoms with E-state index in [0.29, 0.717) is 30.0 Å². The van der Waals surface area contributed by atoms with Crippen LogP contribution in [0.2, 0.25) is 0 Å². The molecule has 1 fully saturated rings. The predicted molar refractivity (Wildman–Crippen MR) is 86.2 cm³/mol. The fourth-order valence-corrected chi connectivity index (χ4v) is 3.58. The molecule has 1 N–H and O–H groups in total. The van der Waals surface area contributed by atoms with Crippen molar-refractivity contribution in [2.45, 2.75) is 44.2 Å². The zero-order chi connectivity index (χ0) is 17.0. The van der Waals surface area contributed by atoms with Gasteiger partial charge in [0.2, 0.25) is 5.91 Å². The van der Waals surface area contributed by atoms with Crippen LogP contribution in [0.4, 0.5) is 0 Å². The molecule has 1 aromatic rings. The fourth-order valence-electron chi connectivity index (χ4n) is 2.72. The number of carbonyl (C=O) groups is 2. The van der Waals surface area contributed by atoms with Crippen molar-refractivity contribution in [2.24, 2.45) is 0 Å². The number of carboxylic acids is 1. The van der Waals surface area contributed by atoms with Crippen LogP contribution in [0.15, 0.2) is 11.1 Å². The summed E-state index contributed by atoms with van der Waals surface area (Å²) in [6, 6.07) is 3.17. The number of pyridine rings is 1. The van der Waals surface area contributed by atoms with Gasteiger partial charge < -0.3 is 10.0 Å². The van der Waals surface area contributed by atoms with Gasteiger partial charge in [-0.05, 0) is 37.8 Å². The lowest BCUT2D eigenvalue weighted by Crippen LogP contribution is -2.41. The summed E-state index contributed by atoms with van der Waals surface area (Å²) in [6.07, 6.45) is 1.96. The normalized spacial score (nSPS) is 17.1. The Balaban J connectivity index is 2.10. The van der Waals surface area contributed by atoms with Gasteiger partial charge in [0.15, 0.2) is 0 Å². The second-order valence-corrected chi connectivity index (χ2v) is 6.41. The number of nitriles is 1. The number of aromatic nitrogens is 1. The Bertz CT molecular complexity index is 669. The SMILES string of the molecule is CCc1nc(SCC(=O)N2CCC[C@H]2C(=O)O)c(C#N)cc1C. The minimum atomic E-state index is -0.958. The number of thioether (sulfide) groups is 1. The molecule has 1 atom stereocenters. The molecular formula is C16H19N3O3S. The Kier molecular flexibility index (Phi) is 5.61. The Morgan fingerprint density at radius 2 is 2.30 bits per heavy atom. The molecule has 0 unspecified atom stereocenters. The van der Waals surface area contributed by atoms with E-state index in [1.165, 1.54) is 16.7 Å². The molecule has 0 aromatic carbocycles. The zero-order valence-electron chi connectivity index (χ0n) is 13.2. The zero-order valence-corrected chi connectivity index (χ0v) is 14.0. The Morgan fingerprint density at radius 3 is 2.91 bits per heavy atom. The van der Waals surface area contributed by atoms with Crippen molar-refractivity contribution >= 4 is 23.6 Å². The highest BCUT2D eigenvalue weighted by Gasteiger charge is 2.33. The van der Waals surface area contributed by atoms with Crippen LogP contribution in [0, 0.1) is 18.3 Å². The van der Waals surface area contributed by atoms with Crippen molar-refractivity contribution in [2.75, 3.05) is 12.3 Å². The summed E-state index contributed by atoms with van der Waals surface area (Å²) in [6.45, 7) is 4.37. The summed E-state index contributed by atoms with van der Waals surface area (Å²) in [5, 5.41) is 18.9. The molecular weight excluding hydrogens is 314 g/mol. The maximum atomic E-state index is 12.3. The van der Waals surface area contributed by atoms with Crippen LogP contribution in [0.3, 0.4) is 0 Å². The van der Waals surface area contributed by atoms with Crippen LogP contribution in [-0.2, 0) is 16.0 Å². The standard InChI is InChI=1S/C16H19N3O3S/c1-3-12-10(2)7-11(8-17)15(18-12)23-9-14(20)19-6-4-5-13(19)16(21)22/h7,13H,3-6,9H2,1-2H3,(H,21,22)/t13-/m0/s1. The molecule has 6 nitrogen and oxygen atoms in total. The molecule has 1 amide bonds.